The molecule has 1 aromatic carbocycles. The summed E-state index contributed by atoms with van der Waals surface area (Å²) in [6.45, 7) is 0.185. The molecule has 0 aromatic heterocycles. The summed E-state index contributed by atoms with van der Waals surface area (Å²) in [6.07, 6.45) is 0. The van der Waals surface area contributed by atoms with E-state index in [1.54, 1.807) is 0 Å². The second-order valence-electron chi connectivity index (χ2n) is 2.90. The molecule has 0 radical (unpaired) electrons. The number of rotatable bonds is 0. The molecule has 0 atom stereocenters. The van der Waals surface area contributed by atoms with Gasteiger partial charge < -0.3 is 21.9 Å². The van der Waals surface area contributed by atoms with Crippen molar-refractivity contribution < 1.29 is 9.53 Å². The van der Waals surface area contributed by atoms with Crippen LogP contribution in [0.1, 0.15) is 15.9 Å². The van der Waals surface area contributed by atoms with Crippen LogP contribution in [-0.2, 0) is 11.3 Å². The van der Waals surface area contributed by atoms with Gasteiger partial charge in [0.1, 0.15) is 6.61 Å². The van der Waals surface area contributed by atoms with Gasteiger partial charge in [-0.2, -0.15) is 0 Å². The van der Waals surface area contributed by atoms with Crippen molar-refractivity contribution in [2.45, 2.75) is 6.61 Å². The molecule has 1 aliphatic rings. The van der Waals surface area contributed by atoms with Crippen LogP contribution in [0.15, 0.2) is 6.07 Å². The highest BCUT2D eigenvalue weighted by Crippen LogP contribution is 2.34. The Labute approximate surface area is 74.5 Å². The van der Waals surface area contributed by atoms with Crippen LogP contribution in [0.4, 0.5) is 17.1 Å². The number of ether oxygens (including phenoxy) is 1. The Balaban J connectivity index is 2.74. The van der Waals surface area contributed by atoms with E-state index in [9.17, 15) is 4.79 Å². The van der Waals surface area contributed by atoms with Crippen LogP contribution in [0, 0.1) is 0 Å². The van der Waals surface area contributed by atoms with Crippen molar-refractivity contribution in [1.82, 2.24) is 0 Å². The summed E-state index contributed by atoms with van der Waals surface area (Å²) in [5.74, 6) is -0.395. The number of esters is 1. The molecule has 13 heavy (non-hydrogen) atoms. The molecule has 0 spiro atoms. The molecule has 1 heterocycles. The zero-order valence-electron chi connectivity index (χ0n) is 6.83. The van der Waals surface area contributed by atoms with E-state index in [-0.39, 0.29) is 6.61 Å². The molecular formula is C8H9N3O2. The largest absolute Gasteiger partial charge is 0.457 e. The zero-order chi connectivity index (χ0) is 9.59. The third-order valence-electron chi connectivity index (χ3n) is 2.12. The molecule has 0 fully saturated rings. The number of nitrogen functional groups attached to an aromatic ring is 3. The van der Waals surface area contributed by atoms with Gasteiger partial charge in [0.15, 0.2) is 0 Å². The van der Waals surface area contributed by atoms with Gasteiger partial charge >= 0.3 is 5.97 Å². The molecule has 0 aliphatic carbocycles. The number of carbonyl (C=O) groups is 1. The summed E-state index contributed by atoms with van der Waals surface area (Å²) in [7, 11) is 0. The smallest absolute Gasteiger partial charge is 0.339 e. The number of hydrogen-bond acceptors (Lipinski definition) is 5. The SMILES string of the molecule is Nc1cc2c(c(N)c1N)COC2=O. The summed E-state index contributed by atoms with van der Waals surface area (Å²) in [5.41, 5.74) is 18.8. The Morgan fingerprint density at radius 3 is 2.62 bits per heavy atom. The topological polar surface area (TPSA) is 104 Å². The first-order valence-corrected chi connectivity index (χ1v) is 3.74. The molecule has 0 unspecified atom stereocenters. The van der Waals surface area contributed by atoms with E-state index in [4.69, 9.17) is 21.9 Å². The summed E-state index contributed by atoms with van der Waals surface area (Å²) < 4.78 is 4.78. The van der Waals surface area contributed by atoms with Crippen LogP contribution >= 0.6 is 0 Å². The molecule has 2 rings (SSSR count). The highest BCUT2D eigenvalue weighted by molar-refractivity contribution is 5.99. The van der Waals surface area contributed by atoms with Gasteiger partial charge in [-0.15, -0.1) is 0 Å². The van der Waals surface area contributed by atoms with E-state index in [0.29, 0.717) is 28.2 Å². The number of nitrogens with two attached hydrogens (primary N) is 3. The molecule has 5 nitrogen and oxygen atoms in total. The fourth-order valence-corrected chi connectivity index (χ4v) is 1.34. The fourth-order valence-electron chi connectivity index (χ4n) is 1.34. The molecule has 68 valence electrons. The lowest BCUT2D eigenvalue weighted by molar-refractivity contribution is 0.0535. The van der Waals surface area contributed by atoms with Crippen LogP contribution in [0.3, 0.4) is 0 Å². The molecule has 5 heteroatoms. The van der Waals surface area contributed by atoms with Crippen LogP contribution in [0.5, 0.6) is 0 Å². The van der Waals surface area contributed by atoms with E-state index in [1.807, 2.05) is 0 Å². The van der Waals surface area contributed by atoms with Gasteiger partial charge in [-0.05, 0) is 6.07 Å². The lowest BCUT2D eigenvalue weighted by Crippen LogP contribution is -2.05. The van der Waals surface area contributed by atoms with Gasteiger partial charge in [-0.3, -0.25) is 0 Å². The maximum Gasteiger partial charge on any atom is 0.339 e. The van der Waals surface area contributed by atoms with Crippen molar-refractivity contribution in [1.29, 1.82) is 0 Å². The average Bonchev–Trinajstić information content (AvgIpc) is 2.45. The Morgan fingerprint density at radius 2 is 1.92 bits per heavy atom. The van der Waals surface area contributed by atoms with Crippen molar-refractivity contribution in [3.05, 3.63) is 17.2 Å². The Bertz CT molecular complexity index is 401. The third-order valence-corrected chi connectivity index (χ3v) is 2.12. The van der Waals surface area contributed by atoms with E-state index in [2.05, 4.69) is 0 Å². The van der Waals surface area contributed by atoms with Gasteiger partial charge in [0.05, 0.1) is 22.6 Å². The van der Waals surface area contributed by atoms with Gasteiger partial charge in [0, 0.05) is 5.56 Å². The second kappa shape index (κ2) is 2.29. The first-order chi connectivity index (χ1) is 6.11. The minimum absolute atomic E-state index is 0.185. The molecular weight excluding hydrogens is 170 g/mol. The number of fused-ring (bicyclic) bond motifs is 1. The highest BCUT2D eigenvalue weighted by atomic mass is 16.5. The zero-order valence-corrected chi connectivity index (χ0v) is 6.83. The predicted octanol–water partition coefficient (Wildman–Crippen LogP) is 0.104. The number of benzene rings is 1. The second-order valence-corrected chi connectivity index (χ2v) is 2.90. The van der Waals surface area contributed by atoms with Gasteiger partial charge in [-0.1, -0.05) is 0 Å². The summed E-state index contributed by atoms with van der Waals surface area (Å²) in [6, 6.07) is 1.50. The number of carbonyl (C=O) groups excluding carboxylic acids is 1. The molecule has 0 bridgehead atoms. The minimum atomic E-state index is -0.395. The van der Waals surface area contributed by atoms with Gasteiger partial charge in [-0.25, -0.2) is 4.79 Å². The summed E-state index contributed by atoms with van der Waals surface area (Å²) in [5, 5.41) is 0. The molecule has 0 saturated carbocycles. The normalized spacial score (nSPS) is 14.0. The van der Waals surface area contributed by atoms with Gasteiger partial charge in [0.2, 0.25) is 0 Å². The van der Waals surface area contributed by atoms with Crippen molar-refractivity contribution in [2.24, 2.45) is 0 Å². The fraction of sp³-hybridized carbons (Fsp3) is 0.125. The summed E-state index contributed by atoms with van der Waals surface area (Å²) >= 11 is 0. The van der Waals surface area contributed by atoms with E-state index >= 15 is 0 Å². The predicted molar refractivity (Wildman–Crippen MR) is 48.8 cm³/mol. The quantitative estimate of drug-likeness (QED) is 0.387. The summed E-state index contributed by atoms with van der Waals surface area (Å²) in [4.78, 5) is 11.1. The minimum Gasteiger partial charge on any atom is -0.457 e. The number of cyclic esters (lactones) is 1. The van der Waals surface area contributed by atoms with Crippen molar-refractivity contribution in [3.63, 3.8) is 0 Å². The van der Waals surface area contributed by atoms with Crippen molar-refractivity contribution >= 4 is 23.0 Å². The molecule has 1 aromatic rings. The lowest BCUT2D eigenvalue weighted by atomic mass is 10.1. The Hall–Kier alpha value is -1.91. The Morgan fingerprint density at radius 1 is 1.23 bits per heavy atom. The van der Waals surface area contributed by atoms with E-state index < -0.39 is 5.97 Å². The number of anilines is 3. The first kappa shape index (κ1) is 7.72. The van der Waals surface area contributed by atoms with Crippen LogP contribution < -0.4 is 17.2 Å². The Kier molecular flexibility index (Phi) is 1.36. The monoisotopic (exact) mass is 179 g/mol. The number of hydrogen-bond donors (Lipinski definition) is 3. The van der Waals surface area contributed by atoms with Crippen molar-refractivity contribution in [2.75, 3.05) is 17.2 Å². The van der Waals surface area contributed by atoms with Crippen LogP contribution in [-0.4, -0.2) is 5.97 Å². The van der Waals surface area contributed by atoms with Crippen LogP contribution in [0.25, 0.3) is 0 Å². The van der Waals surface area contributed by atoms with Crippen LogP contribution in [0.2, 0.25) is 0 Å². The molecule has 0 saturated heterocycles. The highest BCUT2D eigenvalue weighted by Gasteiger charge is 2.25. The van der Waals surface area contributed by atoms with E-state index in [1.165, 1.54) is 6.07 Å². The lowest BCUT2D eigenvalue weighted by Gasteiger charge is -2.06. The standard InChI is InChI=1S/C8H9N3O2/c9-5-1-3-4(2-13-8(3)12)6(10)7(5)11/h1H,2,9-11H2. The maximum absolute atomic E-state index is 11.1. The third kappa shape index (κ3) is 0.900. The molecule has 6 N–H and O–H groups in total. The van der Waals surface area contributed by atoms with E-state index in [0.717, 1.165) is 0 Å². The molecule has 0 amide bonds. The first-order valence-electron chi connectivity index (χ1n) is 3.74. The average molecular weight is 179 g/mol. The molecule has 1 aliphatic heterocycles. The van der Waals surface area contributed by atoms with Crippen molar-refractivity contribution in [3.8, 4) is 0 Å². The van der Waals surface area contributed by atoms with Gasteiger partial charge in [0.25, 0.3) is 0 Å². The maximum atomic E-state index is 11.1.